The fourth-order valence-electron chi connectivity index (χ4n) is 16.4. The molecule has 0 unspecified atom stereocenters. The van der Waals surface area contributed by atoms with Crippen LogP contribution in [0.3, 0.4) is 0 Å². The number of aliphatic imine (C=N–C) groups is 3. The van der Waals surface area contributed by atoms with Crippen LogP contribution in [0.25, 0.3) is 16.8 Å². The van der Waals surface area contributed by atoms with E-state index >= 15 is 0 Å². The Hall–Kier alpha value is -12.3. The molecule has 682 valence electrons. The Kier molecular flexibility index (Phi) is 38.7. The molecule has 3 aliphatic rings. The number of nitrogens with two attached hydrogens (primary N) is 6. The minimum absolute atomic E-state index is 0.0229. The van der Waals surface area contributed by atoms with Crippen molar-refractivity contribution in [1.82, 2.24) is 46.6 Å². The van der Waals surface area contributed by atoms with Crippen molar-refractivity contribution in [1.29, 1.82) is 0 Å². The van der Waals surface area contributed by atoms with E-state index in [0.29, 0.717) is 168 Å². The molecule has 6 amide bonds. The van der Waals surface area contributed by atoms with Crippen LogP contribution >= 0.6 is 46.4 Å². The van der Waals surface area contributed by atoms with Gasteiger partial charge in [-0.1, -0.05) is 253 Å². The van der Waals surface area contributed by atoms with Gasteiger partial charge in [-0.15, -0.1) is 0 Å². The van der Waals surface area contributed by atoms with Crippen molar-refractivity contribution < 1.29 is 33.5 Å². The Labute approximate surface area is 781 Å². The lowest BCUT2D eigenvalue weighted by Crippen LogP contribution is -2.49. The third-order valence-electron chi connectivity index (χ3n) is 23.3. The van der Waals surface area contributed by atoms with Crippen molar-refractivity contribution in [2.75, 3.05) is 85.6 Å². The molecule has 18 N–H and O–H groups in total. The molecule has 0 aromatic heterocycles. The molecule has 6 atom stereocenters. The average molecular weight is 1840 g/mol. The van der Waals surface area contributed by atoms with Gasteiger partial charge in [0.25, 0.3) is 5.91 Å². The van der Waals surface area contributed by atoms with E-state index in [1.807, 2.05) is 160 Å². The monoisotopic (exact) mass is 1830 g/mol. The van der Waals surface area contributed by atoms with Crippen molar-refractivity contribution in [2.45, 2.75) is 118 Å². The van der Waals surface area contributed by atoms with E-state index in [1.54, 1.807) is 49.6 Å². The lowest BCUT2D eigenvalue weighted by Gasteiger charge is -2.29. The molecule has 3 fully saturated rings. The molecule has 29 heteroatoms. The summed E-state index contributed by atoms with van der Waals surface area (Å²) < 4.78 is 5.32. The van der Waals surface area contributed by atoms with E-state index < -0.39 is 18.1 Å². The number of nitrogens with zero attached hydrogens (tertiary/aromatic N) is 6. The van der Waals surface area contributed by atoms with Gasteiger partial charge in [0, 0.05) is 136 Å². The fourth-order valence-corrected chi connectivity index (χ4v) is 17.2. The van der Waals surface area contributed by atoms with E-state index in [0.717, 1.165) is 55.5 Å². The maximum atomic E-state index is 14.0. The highest BCUT2D eigenvalue weighted by Gasteiger charge is 2.37. The van der Waals surface area contributed by atoms with Gasteiger partial charge in [-0.2, -0.15) is 0 Å². The summed E-state index contributed by atoms with van der Waals surface area (Å²) in [6.07, 6.45) is 9.00. The summed E-state index contributed by atoms with van der Waals surface area (Å²) >= 11 is 24.3. The second-order valence-corrected chi connectivity index (χ2v) is 34.2. The first-order valence-electron chi connectivity index (χ1n) is 44.1. The first-order chi connectivity index (χ1) is 63.0. The molecule has 3 saturated heterocycles. The van der Waals surface area contributed by atoms with Gasteiger partial charge in [0.2, 0.25) is 29.5 Å². The second-order valence-electron chi connectivity index (χ2n) is 32.5. The fraction of sp³-hybridized carbons (Fsp3) is 0.317. The number of rotatable bonds is 36. The van der Waals surface area contributed by atoms with Gasteiger partial charge in [0.1, 0.15) is 5.75 Å². The Bertz CT molecular complexity index is 5310. The Morgan fingerprint density at radius 3 is 1.18 bits per heavy atom. The lowest BCUT2D eigenvalue weighted by atomic mass is 9.90. The molecule has 10 aromatic carbocycles. The van der Waals surface area contributed by atoms with E-state index in [2.05, 4.69) is 120 Å². The van der Waals surface area contributed by atoms with Gasteiger partial charge in [-0.3, -0.25) is 43.7 Å². The quantitative estimate of drug-likeness (QED) is 0.00751. The SMILES string of the molecule is COc1ccc2cc(C(=O)NC[C@@H]3CCN(CC(c4ccccc4)c4ccccc4)C(=O)[C@H](CCCN=C(N)N)N3)ccc2c1.NC(N)=NCCC[C@@H]1N[C@H](CNC(=O)/C=C/c2ccc(Cl)cc2Cl)CCN(CC(c2ccccc2)c2ccccc2)C1=O.NC(N)=NCCC[C@@H]1N[C@H](CNC(=O)Cc2ccc(Cl)c(Cl)c2)CCN(CC(c2ccccc2)c2ccccc2)C1=O. The molecule has 130 heavy (non-hydrogen) atoms. The van der Waals surface area contributed by atoms with Gasteiger partial charge in [0.15, 0.2) is 17.9 Å². The topological polar surface area (TPSA) is 387 Å². The number of carbonyl (C=O) groups excluding carboxylic acids is 6. The maximum absolute atomic E-state index is 14.0. The average Bonchev–Trinajstić information content (AvgIpc) is 1.08. The number of ether oxygens (including phenoxy) is 1. The van der Waals surface area contributed by atoms with Crippen molar-refractivity contribution in [3.8, 4) is 5.75 Å². The predicted octanol–water partition coefficient (Wildman–Crippen LogP) is 12.7. The largest absolute Gasteiger partial charge is 0.497 e. The number of nitrogens with one attached hydrogen (secondary N) is 6. The number of fused-ring (bicyclic) bond motifs is 1. The molecule has 13 rings (SSSR count). The summed E-state index contributed by atoms with van der Waals surface area (Å²) in [7, 11) is 1.64. The Morgan fingerprint density at radius 2 is 0.808 bits per heavy atom. The molecule has 25 nitrogen and oxygen atoms in total. The maximum Gasteiger partial charge on any atom is 0.251 e. The van der Waals surface area contributed by atoms with Crippen molar-refractivity contribution in [3.63, 3.8) is 0 Å². The summed E-state index contributed by atoms with van der Waals surface area (Å²) in [5, 5.41) is 23.5. The lowest BCUT2D eigenvalue weighted by molar-refractivity contribution is -0.133. The van der Waals surface area contributed by atoms with Crippen LogP contribution in [0.5, 0.6) is 5.75 Å². The van der Waals surface area contributed by atoms with Gasteiger partial charge in [0.05, 0.1) is 41.7 Å². The van der Waals surface area contributed by atoms with Gasteiger partial charge in [-0.25, -0.2) is 0 Å². The van der Waals surface area contributed by atoms with Crippen molar-refractivity contribution in [3.05, 3.63) is 331 Å². The summed E-state index contributed by atoms with van der Waals surface area (Å²) in [6.45, 7) is 5.83. The van der Waals surface area contributed by atoms with Crippen LogP contribution in [-0.2, 0) is 30.4 Å². The van der Waals surface area contributed by atoms with E-state index in [4.69, 9.17) is 85.5 Å². The number of benzene rings is 10. The summed E-state index contributed by atoms with van der Waals surface area (Å²) in [4.78, 5) is 98.6. The van der Waals surface area contributed by atoms with Crippen LogP contribution < -0.4 is 71.0 Å². The highest BCUT2D eigenvalue weighted by Crippen LogP contribution is 2.33. The summed E-state index contributed by atoms with van der Waals surface area (Å²) in [6, 6.07) is 81.8. The van der Waals surface area contributed by atoms with Gasteiger partial charge in [-0.05, 0) is 168 Å². The van der Waals surface area contributed by atoms with Crippen LogP contribution in [0.15, 0.2) is 276 Å². The van der Waals surface area contributed by atoms with Crippen LogP contribution in [0.4, 0.5) is 0 Å². The zero-order chi connectivity index (χ0) is 92.1. The Morgan fingerprint density at radius 1 is 0.431 bits per heavy atom. The smallest absolute Gasteiger partial charge is 0.251 e. The number of guanidine groups is 3. The molecule has 10 aromatic rings. The number of methoxy groups -OCH3 is 1. The normalized spacial score (nSPS) is 17.0. The number of amides is 6. The molecule has 0 spiro atoms. The standard InChI is InChI=1S/C36H42N6O3.C33H38Cl2N6O2.C32H38Cl2N6O2/c1-45-31-17-16-27-21-29(15-14-28(27)22-31)34(43)40-23-30-18-20-42(35(44)33(41-30)13-8-19-39-36(37)38)24-32(25-9-4-2-5-10-25)26-11-6-3-7-12-26;34-26-15-13-25(29(35)20-26)14-16-31(42)39-21-27-17-19-41(32(43)30(40-27)12-7-18-38-33(36)37)22-28(23-8-3-1-4-9-23)24-10-5-2-6-11-24;33-27-14-13-22(18-28(27)34)19-30(41)38-20-25-15-17-40(31(42)29(39-25)12-7-16-37-32(35)36)21-26(23-8-3-1-4-9-23)24-10-5-2-6-11-24/h2-7,9-12,14-17,21-22,30,32-33,41H,8,13,18-20,23-24H2,1H3,(H,40,43)(H4,37,38,39);1-6,8-11,13-16,20,27-28,30,40H,7,12,17-19,21-22H2,(H,39,42)(H4,36,37,38);1-6,8-11,13-14,18,25-26,29,39H,7,12,15-17,19-21H2,(H,38,41)(H4,35,36,37)/b;16-14+;/t30-,33-;27-,30-;25-,29-/m000/s1. The van der Waals surface area contributed by atoms with Crippen LogP contribution in [0, 0.1) is 0 Å². The van der Waals surface area contributed by atoms with Crippen molar-refractivity contribution >= 4 is 117 Å². The van der Waals surface area contributed by atoms with E-state index in [-0.39, 0.29) is 95.6 Å². The first kappa shape index (κ1) is 98.3. The minimum Gasteiger partial charge on any atom is -0.497 e. The van der Waals surface area contributed by atoms with Gasteiger partial charge < -0.3 is 85.7 Å². The summed E-state index contributed by atoms with van der Waals surface area (Å²) in [5.74, 6) is 0.560. The number of carbonyl (C=O) groups is 6. The predicted molar refractivity (Wildman–Crippen MR) is 524 cm³/mol. The number of hydrogen-bond donors (Lipinski definition) is 12. The van der Waals surface area contributed by atoms with E-state index in [9.17, 15) is 28.8 Å². The zero-order valence-electron chi connectivity index (χ0n) is 73.2. The molecule has 0 bridgehead atoms. The third kappa shape index (κ3) is 31.0. The molecule has 0 radical (unpaired) electrons. The molecular weight excluding hydrogens is 1720 g/mol. The molecular formula is C101H118Cl4N18O7. The zero-order valence-corrected chi connectivity index (χ0v) is 76.2. The van der Waals surface area contributed by atoms with Crippen molar-refractivity contribution in [2.24, 2.45) is 49.4 Å². The second kappa shape index (κ2) is 51.2. The molecule has 3 heterocycles. The van der Waals surface area contributed by atoms with Crippen LogP contribution in [0.2, 0.25) is 20.1 Å². The highest BCUT2D eigenvalue weighted by atomic mass is 35.5. The molecule has 0 aliphatic carbocycles. The number of hydrogen-bond acceptors (Lipinski definition) is 13. The van der Waals surface area contributed by atoms with Crippen LogP contribution in [-0.4, -0.2) is 190 Å². The minimum atomic E-state index is -0.436. The van der Waals surface area contributed by atoms with Crippen LogP contribution in [0.1, 0.15) is 130 Å². The van der Waals surface area contributed by atoms with E-state index in [1.165, 1.54) is 6.08 Å². The molecule has 0 saturated carbocycles. The third-order valence-corrected chi connectivity index (χ3v) is 24.6. The molecule has 3 aliphatic heterocycles. The van der Waals surface area contributed by atoms with Gasteiger partial charge >= 0.3 is 0 Å². The first-order valence-corrected chi connectivity index (χ1v) is 45.6. The highest BCUT2D eigenvalue weighted by molar-refractivity contribution is 6.42. The number of halogens is 4. The Balaban J connectivity index is 0.000000189. The summed E-state index contributed by atoms with van der Waals surface area (Å²) in [5.41, 5.74) is 42.0.